The van der Waals surface area contributed by atoms with E-state index in [4.69, 9.17) is 10.6 Å². The summed E-state index contributed by atoms with van der Waals surface area (Å²) in [5.74, 6) is -1.61. The summed E-state index contributed by atoms with van der Waals surface area (Å²) in [7, 11) is 0. The Labute approximate surface area is 68.8 Å². The molecule has 12 heavy (non-hydrogen) atoms. The summed E-state index contributed by atoms with van der Waals surface area (Å²) in [4.78, 5) is 22.9. The summed E-state index contributed by atoms with van der Waals surface area (Å²) in [6.45, 7) is 1.57. The zero-order valence-electron chi connectivity index (χ0n) is 6.54. The number of carbonyl (C=O) groups is 2. The Hall–Kier alpha value is -1.55. The van der Waals surface area contributed by atoms with Crippen molar-refractivity contribution in [3.05, 3.63) is 10.4 Å². The second kappa shape index (κ2) is 5.15. The van der Waals surface area contributed by atoms with Gasteiger partial charge in [0.25, 0.3) is 0 Å². The lowest BCUT2D eigenvalue weighted by Gasteiger charge is -2.06. The molecule has 0 saturated heterocycles. The topological polar surface area (TPSA) is 103 Å². The first kappa shape index (κ1) is 10.4. The molecule has 0 aliphatic heterocycles. The number of hydrogen-bond donors (Lipinski definition) is 1. The molecule has 0 bridgehead atoms. The van der Waals surface area contributed by atoms with Crippen molar-refractivity contribution in [3.63, 3.8) is 0 Å². The predicted octanol–water partition coefficient (Wildman–Crippen LogP) is 0.975. The third-order valence-corrected chi connectivity index (χ3v) is 1.30. The maximum absolute atomic E-state index is 10.4. The summed E-state index contributed by atoms with van der Waals surface area (Å²) in [5, 5.41) is 11.5. The molecule has 0 spiro atoms. The second-order valence-electron chi connectivity index (χ2n) is 2.41. The highest BCUT2D eigenvalue weighted by atomic mass is 16.4. The molecule has 0 aromatic heterocycles. The maximum atomic E-state index is 10.4. The quantitative estimate of drug-likeness (QED) is 0.288. The SMILES string of the molecule is CC(C=O)C[C@H](N=[N+]=[N-])C(=O)O. The van der Waals surface area contributed by atoms with Crippen molar-refractivity contribution in [2.24, 2.45) is 11.0 Å². The number of hydrogen-bond acceptors (Lipinski definition) is 3. The monoisotopic (exact) mass is 171 g/mol. The molecule has 6 nitrogen and oxygen atoms in total. The summed E-state index contributed by atoms with van der Waals surface area (Å²) in [5.41, 5.74) is 7.98. The van der Waals surface area contributed by atoms with E-state index < -0.39 is 17.9 Å². The van der Waals surface area contributed by atoms with Crippen LogP contribution < -0.4 is 0 Å². The van der Waals surface area contributed by atoms with E-state index in [-0.39, 0.29) is 6.42 Å². The van der Waals surface area contributed by atoms with Crippen LogP contribution in [-0.4, -0.2) is 23.4 Å². The van der Waals surface area contributed by atoms with Crippen molar-refractivity contribution in [1.29, 1.82) is 0 Å². The van der Waals surface area contributed by atoms with Gasteiger partial charge in [-0.3, -0.25) is 4.79 Å². The lowest BCUT2D eigenvalue weighted by molar-refractivity contribution is -0.138. The van der Waals surface area contributed by atoms with Crippen LogP contribution in [0, 0.1) is 5.92 Å². The van der Waals surface area contributed by atoms with Gasteiger partial charge in [0.1, 0.15) is 12.3 Å². The summed E-state index contributed by atoms with van der Waals surface area (Å²) in [6.07, 6.45) is 0.672. The average Bonchev–Trinajstić information content (AvgIpc) is 2.03. The molecule has 0 aromatic rings. The van der Waals surface area contributed by atoms with Crippen molar-refractivity contribution < 1.29 is 14.7 Å². The molecule has 0 aliphatic carbocycles. The van der Waals surface area contributed by atoms with E-state index in [0.717, 1.165) is 0 Å². The van der Waals surface area contributed by atoms with E-state index in [1.54, 1.807) is 6.92 Å². The number of rotatable bonds is 5. The van der Waals surface area contributed by atoms with Gasteiger partial charge in [0, 0.05) is 10.8 Å². The standard InChI is InChI=1S/C6H9N3O3/c1-4(3-10)2-5(6(11)12)8-9-7/h3-5H,2H2,1H3,(H,11,12)/t4?,5-/m0/s1. The van der Waals surface area contributed by atoms with Crippen LogP contribution in [0.4, 0.5) is 0 Å². The van der Waals surface area contributed by atoms with Gasteiger partial charge >= 0.3 is 5.97 Å². The molecule has 0 radical (unpaired) electrons. The third-order valence-electron chi connectivity index (χ3n) is 1.30. The first-order chi connectivity index (χ1) is 5.61. The number of nitrogens with zero attached hydrogens (tertiary/aromatic N) is 3. The fourth-order valence-corrected chi connectivity index (χ4v) is 0.667. The Morgan fingerprint density at radius 2 is 2.42 bits per heavy atom. The number of aliphatic carboxylic acids is 1. The highest BCUT2D eigenvalue weighted by Crippen LogP contribution is 2.07. The number of aldehydes is 1. The third kappa shape index (κ3) is 3.58. The smallest absolute Gasteiger partial charge is 0.312 e. The van der Waals surface area contributed by atoms with Gasteiger partial charge in [-0.2, -0.15) is 0 Å². The molecular formula is C6H9N3O3. The van der Waals surface area contributed by atoms with Gasteiger partial charge < -0.3 is 9.90 Å². The van der Waals surface area contributed by atoms with Gasteiger partial charge in [0.15, 0.2) is 0 Å². The summed E-state index contributed by atoms with van der Waals surface area (Å²) < 4.78 is 0. The molecule has 1 N–H and O–H groups in total. The molecule has 1 unspecified atom stereocenters. The largest absolute Gasteiger partial charge is 0.481 e. The fourth-order valence-electron chi connectivity index (χ4n) is 0.667. The molecular weight excluding hydrogens is 162 g/mol. The zero-order chi connectivity index (χ0) is 9.56. The Balaban J connectivity index is 4.22. The Morgan fingerprint density at radius 3 is 2.75 bits per heavy atom. The predicted molar refractivity (Wildman–Crippen MR) is 40.4 cm³/mol. The molecule has 6 heteroatoms. The van der Waals surface area contributed by atoms with E-state index in [2.05, 4.69) is 10.0 Å². The molecule has 66 valence electrons. The average molecular weight is 171 g/mol. The highest BCUT2D eigenvalue weighted by Gasteiger charge is 2.18. The number of carboxylic acid groups (broad SMARTS) is 1. The van der Waals surface area contributed by atoms with Gasteiger partial charge in [0.2, 0.25) is 0 Å². The van der Waals surface area contributed by atoms with Crippen LogP contribution in [0.5, 0.6) is 0 Å². The van der Waals surface area contributed by atoms with E-state index in [1.165, 1.54) is 0 Å². The molecule has 0 fully saturated rings. The molecule has 0 heterocycles. The van der Waals surface area contributed by atoms with Crippen LogP contribution in [-0.2, 0) is 9.59 Å². The summed E-state index contributed by atoms with van der Waals surface area (Å²) in [6, 6.07) is -1.14. The van der Waals surface area contributed by atoms with Crippen LogP contribution in [0.2, 0.25) is 0 Å². The van der Waals surface area contributed by atoms with Gasteiger partial charge in [-0.05, 0) is 12.0 Å². The number of azide groups is 1. The van der Waals surface area contributed by atoms with Crippen LogP contribution in [0.1, 0.15) is 13.3 Å². The Bertz CT molecular complexity index is 220. The number of carboxylic acids is 1. The molecule has 2 atom stereocenters. The lowest BCUT2D eigenvalue weighted by atomic mass is 10.0. The van der Waals surface area contributed by atoms with Crippen LogP contribution in [0.3, 0.4) is 0 Å². The molecule has 0 amide bonds. The first-order valence-electron chi connectivity index (χ1n) is 3.34. The fraction of sp³-hybridized carbons (Fsp3) is 0.667. The Morgan fingerprint density at radius 1 is 1.83 bits per heavy atom. The van der Waals surface area contributed by atoms with E-state index in [9.17, 15) is 9.59 Å². The van der Waals surface area contributed by atoms with Crippen molar-refractivity contribution in [2.45, 2.75) is 19.4 Å². The molecule has 0 aromatic carbocycles. The summed E-state index contributed by atoms with van der Waals surface area (Å²) >= 11 is 0. The number of carbonyl (C=O) groups excluding carboxylic acids is 1. The highest BCUT2D eigenvalue weighted by molar-refractivity contribution is 5.74. The minimum Gasteiger partial charge on any atom is -0.481 e. The van der Waals surface area contributed by atoms with Crippen LogP contribution in [0.15, 0.2) is 5.11 Å². The van der Waals surface area contributed by atoms with Crippen molar-refractivity contribution >= 4 is 12.3 Å². The van der Waals surface area contributed by atoms with Gasteiger partial charge in [-0.25, -0.2) is 0 Å². The minimum absolute atomic E-state index is 0.0445. The van der Waals surface area contributed by atoms with Gasteiger partial charge in [-0.15, -0.1) is 0 Å². The molecule has 0 saturated carbocycles. The van der Waals surface area contributed by atoms with Crippen molar-refractivity contribution in [2.75, 3.05) is 0 Å². The van der Waals surface area contributed by atoms with E-state index in [0.29, 0.717) is 6.29 Å². The normalized spacial score (nSPS) is 14.1. The van der Waals surface area contributed by atoms with Crippen molar-refractivity contribution in [3.8, 4) is 0 Å². The lowest BCUT2D eigenvalue weighted by Crippen LogP contribution is -2.20. The van der Waals surface area contributed by atoms with Gasteiger partial charge in [-0.1, -0.05) is 12.0 Å². The van der Waals surface area contributed by atoms with Gasteiger partial charge in [0.05, 0.1) is 0 Å². The van der Waals surface area contributed by atoms with Crippen LogP contribution >= 0.6 is 0 Å². The second-order valence-corrected chi connectivity index (χ2v) is 2.41. The van der Waals surface area contributed by atoms with Crippen molar-refractivity contribution in [1.82, 2.24) is 0 Å². The first-order valence-corrected chi connectivity index (χ1v) is 3.34. The van der Waals surface area contributed by atoms with E-state index >= 15 is 0 Å². The Kier molecular flexibility index (Phi) is 4.48. The molecule has 0 rings (SSSR count). The van der Waals surface area contributed by atoms with Crippen LogP contribution in [0.25, 0.3) is 10.4 Å². The zero-order valence-corrected chi connectivity index (χ0v) is 6.54. The maximum Gasteiger partial charge on any atom is 0.312 e. The minimum atomic E-state index is -1.21. The van der Waals surface area contributed by atoms with E-state index in [1.807, 2.05) is 0 Å². The molecule has 0 aliphatic rings.